The van der Waals surface area contributed by atoms with Crippen molar-refractivity contribution in [2.45, 2.75) is 32.7 Å². The second-order valence-electron chi connectivity index (χ2n) is 4.89. The Morgan fingerprint density at radius 3 is 2.71 bits per heavy atom. The zero-order valence-corrected chi connectivity index (χ0v) is 13.8. The molecule has 1 atom stereocenters. The van der Waals surface area contributed by atoms with Gasteiger partial charge < -0.3 is 10.6 Å². The van der Waals surface area contributed by atoms with Crippen LogP contribution in [0.4, 0.5) is 0 Å². The third kappa shape index (κ3) is 5.90. The SMILES string of the molecule is CN=C(NC)NC[C@H]1CCCN1CC(C)C.I. The summed E-state index contributed by atoms with van der Waals surface area (Å²) in [6, 6.07) is 0.674. The van der Waals surface area contributed by atoms with E-state index in [1.807, 2.05) is 7.05 Å². The van der Waals surface area contributed by atoms with Gasteiger partial charge in [0.15, 0.2) is 5.96 Å². The van der Waals surface area contributed by atoms with Crippen LogP contribution in [0.2, 0.25) is 0 Å². The Kier molecular flexibility index (Phi) is 8.94. The Labute approximate surface area is 123 Å². The first-order valence-corrected chi connectivity index (χ1v) is 6.29. The van der Waals surface area contributed by atoms with Crippen molar-refractivity contribution in [1.82, 2.24) is 15.5 Å². The molecule has 1 rings (SSSR count). The Morgan fingerprint density at radius 1 is 1.47 bits per heavy atom. The molecular formula is C12H27IN4. The number of guanidine groups is 1. The van der Waals surface area contributed by atoms with Gasteiger partial charge in [-0.15, -0.1) is 24.0 Å². The summed E-state index contributed by atoms with van der Waals surface area (Å²) in [4.78, 5) is 6.73. The van der Waals surface area contributed by atoms with E-state index in [0.29, 0.717) is 6.04 Å². The molecule has 17 heavy (non-hydrogen) atoms. The van der Waals surface area contributed by atoms with E-state index < -0.39 is 0 Å². The topological polar surface area (TPSA) is 39.7 Å². The number of nitrogens with zero attached hydrogens (tertiary/aromatic N) is 2. The Morgan fingerprint density at radius 2 is 2.18 bits per heavy atom. The minimum absolute atomic E-state index is 0. The van der Waals surface area contributed by atoms with Gasteiger partial charge in [0.2, 0.25) is 0 Å². The molecule has 1 fully saturated rings. The molecule has 5 heteroatoms. The lowest BCUT2D eigenvalue weighted by Crippen LogP contribution is -2.44. The van der Waals surface area contributed by atoms with Crippen LogP contribution in [-0.2, 0) is 0 Å². The summed E-state index contributed by atoms with van der Waals surface area (Å²) in [5.41, 5.74) is 0. The van der Waals surface area contributed by atoms with E-state index >= 15 is 0 Å². The Bertz CT molecular complexity index is 231. The van der Waals surface area contributed by atoms with Gasteiger partial charge in [-0.25, -0.2) is 0 Å². The molecule has 4 nitrogen and oxygen atoms in total. The van der Waals surface area contributed by atoms with Crippen LogP contribution in [0.1, 0.15) is 26.7 Å². The lowest BCUT2D eigenvalue weighted by Gasteiger charge is -2.26. The molecule has 1 saturated heterocycles. The third-order valence-corrected chi connectivity index (χ3v) is 3.06. The summed E-state index contributed by atoms with van der Waals surface area (Å²) in [5, 5.41) is 6.41. The van der Waals surface area contributed by atoms with Gasteiger partial charge >= 0.3 is 0 Å². The van der Waals surface area contributed by atoms with Crippen molar-refractivity contribution in [3.63, 3.8) is 0 Å². The fourth-order valence-corrected chi connectivity index (χ4v) is 2.33. The zero-order valence-electron chi connectivity index (χ0n) is 11.5. The van der Waals surface area contributed by atoms with E-state index in [1.165, 1.54) is 25.9 Å². The molecular weight excluding hydrogens is 327 g/mol. The van der Waals surface area contributed by atoms with E-state index in [-0.39, 0.29) is 24.0 Å². The summed E-state index contributed by atoms with van der Waals surface area (Å²) in [7, 11) is 3.70. The minimum Gasteiger partial charge on any atom is -0.359 e. The number of likely N-dealkylation sites (tertiary alicyclic amines) is 1. The average Bonchev–Trinajstić information content (AvgIpc) is 2.66. The van der Waals surface area contributed by atoms with Crippen molar-refractivity contribution in [1.29, 1.82) is 0 Å². The molecule has 0 amide bonds. The smallest absolute Gasteiger partial charge is 0.190 e. The largest absolute Gasteiger partial charge is 0.359 e. The molecule has 1 aliphatic rings. The van der Waals surface area contributed by atoms with Crippen molar-refractivity contribution in [3.8, 4) is 0 Å². The van der Waals surface area contributed by atoms with Crippen LogP contribution in [-0.4, -0.2) is 50.6 Å². The highest BCUT2D eigenvalue weighted by molar-refractivity contribution is 14.0. The number of rotatable bonds is 4. The molecule has 0 saturated carbocycles. The molecule has 2 N–H and O–H groups in total. The van der Waals surface area contributed by atoms with Gasteiger partial charge in [-0.1, -0.05) is 13.8 Å². The third-order valence-electron chi connectivity index (χ3n) is 3.06. The summed E-state index contributed by atoms with van der Waals surface area (Å²) >= 11 is 0. The minimum atomic E-state index is 0. The molecule has 0 spiro atoms. The highest BCUT2D eigenvalue weighted by Crippen LogP contribution is 2.17. The Balaban J connectivity index is 0.00000256. The van der Waals surface area contributed by atoms with Gasteiger partial charge in [-0.3, -0.25) is 9.89 Å². The fourth-order valence-electron chi connectivity index (χ4n) is 2.33. The van der Waals surface area contributed by atoms with Gasteiger partial charge in [0, 0.05) is 33.2 Å². The van der Waals surface area contributed by atoms with Crippen molar-refractivity contribution in [2.24, 2.45) is 10.9 Å². The molecule has 0 aliphatic carbocycles. The molecule has 102 valence electrons. The normalized spacial score (nSPS) is 21.5. The maximum absolute atomic E-state index is 4.13. The number of nitrogens with one attached hydrogen (secondary N) is 2. The monoisotopic (exact) mass is 354 g/mol. The second-order valence-corrected chi connectivity index (χ2v) is 4.89. The lowest BCUT2D eigenvalue weighted by molar-refractivity contribution is 0.226. The van der Waals surface area contributed by atoms with Crippen LogP contribution >= 0.6 is 24.0 Å². The summed E-state index contributed by atoms with van der Waals surface area (Å²) in [6.07, 6.45) is 2.64. The van der Waals surface area contributed by atoms with Crippen molar-refractivity contribution in [2.75, 3.05) is 33.7 Å². The van der Waals surface area contributed by atoms with Gasteiger partial charge in [-0.05, 0) is 25.3 Å². The summed E-state index contributed by atoms with van der Waals surface area (Å²) < 4.78 is 0. The van der Waals surface area contributed by atoms with Crippen LogP contribution < -0.4 is 10.6 Å². The van der Waals surface area contributed by atoms with Crippen LogP contribution in [0.3, 0.4) is 0 Å². The maximum Gasteiger partial charge on any atom is 0.190 e. The van der Waals surface area contributed by atoms with E-state index in [1.54, 1.807) is 7.05 Å². The van der Waals surface area contributed by atoms with Gasteiger partial charge in [-0.2, -0.15) is 0 Å². The van der Waals surface area contributed by atoms with Crippen LogP contribution in [0.5, 0.6) is 0 Å². The summed E-state index contributed by atoms with van der Waals surface area (Å²) in [6.45, 7) is 8.04. The number of aliphatic imine (C=N–C) groups is 1. The predicted octanol–water partition coefficient (Wildman–Crippen LogP) is 1.52. The van der Waals surface area contributed by atoms with Gasteiger partial charge in [0.1, 0.15) is 0 Å². The van der Waals surface area contributed by atoms with Gasteiger partial charge in [0.25, 0.3) is 0 Å². The molecule has 0 aromatic carbocycles. The van der Waals surface area contributed by atoms with E-state index in [0.717, 1.165) is 18.4 Å². The first kappa shape index (κ1) is 17.0. The molecule has 1 aliphatic heterocycles. The number of halogens is 1. The van der Waals surface area contributed by atoms with Crippen LogP contribution in [0, 0.1) is 5.92 Å². The highest BCUT2D eigenvalue weighted by Gasteiger charge is 2.24. The summed E-state index contributed by atoms with van der Waals surface area (Å²) in [5.74, 6) is 1.64. The predicted molar refractivity (Wildman–Crippen MR) is 85.3 cm³/mol. The van der Waals surface area contributed by atoms with Crippen molar-refractivity contribution < 1.29 is 0 Å². The number of hydrogen-bond donors (Lipinski definition) is 2. The van der Waals surface area contributed by atoms with Crippen LogP contribution in [0.15, 0.2) is 4.99 Å². The Hall–Kier alpha value is -0.0400. The van der Waals surface area contributed by atoms with Gasteiger partial charge in [0.05, 0.1) is 0 Å². The highest BCUT2D eigenvalue weighted by atomic mass is 127. The van der Waals surface area contributed by atoms with E-state index in [9.17, 15) is 0 Å². The van der Waals surface area contributed by atoms with E-state index in [2.05, 4.69) is 34.4 Å². The molecule has 0 unspecified atom stereocenters. The fraction of sp³-hybridized carbons (Fsp3) is 0.917. The second kappa shape index (κ2) is 8.97. The van der Waals surface area contributed by atoms with Crippen molar-refractivity contribution >= 4 is 29.9 Å². The van der Waals surface area contributed by atoms with Crippen LogP contribution in [0.25, 0.3) is 0 Å². The molecule has 0 radical (unpaired) electrons. The van der Waals surface area contributed by atoms with Crippen molar-refractivity contribution in [3.05, 3.63) is 0 Å². The quantitative estimate of drug-likeness (QED) is 0.457. The maximum atomic E-state index is 4.13. The lowest BCUT2D eigenvalue weighted by atomic mass is 10.1. The molecule has 0 aromatic rings. The molecule has 0 bridgehead atoms. The first-order valence-electron chi connectivity index (χ1n) is 6.29. The first-order chi connectivity index (χ1) is 7.67. The molecule has 1 heterocycles. The zero-order chi connectivity index (χ0) is 12.0. The standard InChI is InChI=1S/C12H26N4.HI/c1-10(2)9-16-7-5-6-11(16)8-15-12(13-3)14-4;/h10-11H,5-9H2,1-4H3,(H2,13,14,15);1H/t11-;/m1./s1. The average molecular weight is 354 g/mol. The molecule has 0 aromatic heterocycles. The van der Waals surface area contributed by atoms with E-state index in [4.69, 9.17) is 0 Å². The number of hydrogen-bond acceptors (Lipinski definition) is 2.